The van der Waals surface area contributed by atoms with Gasteiger partial charge < -0.3 is 9.72 Å². The SMILES string of the molecule is C=C(C)c1ccc(-c2ncc(-c3ccc(OCCCCC)cc3)[nH]2)cc1. The number of nitrogens with one attached hydrogen (secondary N) is 1. The van der Waals surface area contributed by atoms with E-state index in [-0.39, 0.29) is 0 Å². The van der Waals surface area contributed by atoms with Crippen LogP contribution in [0.15, 0.2) is 61.3 Å². The van der Waals surface area contributed by atoms with Gasteiger partial charge in [0.2, 0.25) is 0 Å². The van der Waals surface area contributed by atoms with Crippen molar-refractivity contribution < 1.29 is 4.74 Å². The van der Waals surface area contributed by atoms with E-state index in [0.29, 0.717) is 0 Å². The molecule has 0 saturated heterocycles. The maximum Gasteiger partial charge on any atom is 0.137 e. The summed E-state index contributed by atoms with van der Waals surface area (Å²) < 4.78 is 5.77. The second-order valence-electron chi connectivity index (χ2n) is 6.58. The third kappa shape index (κ3) is 4.42. The van der Waals surface area contributed by atoms with Crippen molar-refractivity contribution in [1.82, 2.24) is 9.97 Å². The normalized spacial score (nSPS) is 10.7. The number of aromatic nitrogens is 2. The Morgan fingerprint density at radius 2 is 1.69 bits per heavy atom. The van der Waals surface area contributed by atoms with Gasteiger partial charge in [0.15, 0.2) is 0 Å². The van der Waals surface area contributed by atoms with Gasteiger partial charge in [-0.1, -0.05) is 56.2 Å². The monoisotopic (exact) mass is 346 g/mol. The summed E-state index contributed by atoms with van der Waals surface area (Å²) in [5, 5.41) is 0. The molecule has 1 N–H and O–H groups in total. The third-order valence-corrected chi connectivity index (χ3v) is 4.41. The molecule has 0 fully saturated rings. The van der Waals surface area contributed by atoms with Crippen molar-refractivity contribution in [2.24, 2.45) is 0 Å². The predicted octanol–water partition coefficient (Wildman–Crippen LogP) is 6.35. The molecule has 0 aliphatic rings. The first-order chi connectivity index (χ1) is 12.7. The Labute approximate surface area is 155 Å². The Bertz CT molecular complexity index is 845. The molecule has 1 aromatic heterocycles. The van der Waals surface area contributed by atoms with Crippen molar-refractivity contribution in [3.63, 3.8) is 0 Å². The lowest BCUT2D eigenvalue weighted by Crippen LogP contribution is -1.96. The van der Waals surface area contributed by atoms with Crippen LogP contribution in [0.25, 0.3) is 28.2 Å². The number of hydrogen-bond donors (Lipinski definition) is 1. The molecular formula is C23H26N2O. The molecule has 3 heteroatoms. The zero-order valence-corrected chi connectivity index (χ0v) is 15.6. The highest BCUT2D eigenvalue weighted by Gasteiger charge is 2.06. The van der Waals surface area contributed by atoms with Crippen LogP contribution in [0.2, 0.25) is 0 Å². The molecule has 2 aromatic carbocycles. The maximum absolute atomic E-state index is 5.77. The van der Waals surface area contributed by atoms with E-state index in [1.54, 1.807) is 0 Å². The number of ether oxygens (including phenoxy) is 1. The molecule has 3 aromatic rings. The molecule has 3 nitrogen and oxygen atoms in total. The standard InChI is InChI=1S/C23H26N2O/c1-4-5-6-15-26-21-13-11-19(12-14-21)22-16-24-23(25-22)20-9-7-18(8-10-20)17(2)3/h7-14,16H,2,4-6,15H2,1,3H3,(H,24,25). The number of allylic oxidation sites excluding steroid dienone is 1. The van der Waals surface area contributed by atoms with E-state index in [4.69, 9.17) is 4.74 Å². The Kier molecular flexibility index (Phi) is 5.90. The first-order valence-electron chi connectivity index (χ1n) is 9.22. The predicted molar refractivity (Wildman–Crippen MR) is 109 cm³/mol. The Hall–Kier alpha value is -2.81. The van der Waals surface area contributed by atoms with Gasteiger partial charge in [-0.15, -0.1) is 0 Å². The highest BCUT2D eigenvalue weighted by molar-refractivity contribution is 5.68. The molecule has 3 rings (SSSR count). The van der Waals surface area contributed by atoms with E-state index >= 15 is 0 Å². The van der Waals surface area contributed by atoms with Gasteiger partial charge >= 0.3 is 0 Å². The van der Waals surface area contributed by atoms with E-state index in [1.165, 1.54) is 12.8 Å². The highest BCUT2D eigenvalue weighted by Crippen LogP contribution is 2.25. The van der Waals surface area contributed by atoms with Gasteiger partial charge in [-0.3, -0.25) is 0 Å². The largest absolute Gasteiger partial charge is 0.494 e. The lowest BCUT2D eigenvalue weighted by atomic mass is 10.1. The lowest BCUT2D eigenvalue weighted by molar-refractivity contribution is 0.306. The van der Waals surface area contributed by atoms with Crippen LogP contribution >= 0.6 is 0 Å². The minimum Gasteiger partial charge on any atom is -0.494 e. The van der Waals surface area contributed by atoms with E-state index in [9.17, 15) is 0 Å². The number of benzene rings is 2. The maximum atomic E-state index is 5.77. The van der Waals surface area contributed by atoms with Gasteiger partial charge in [0.1, 0.15) is 11.6 Å². The number of rotatable bonds is 8. The second-order valence-corrected chi connectivity index (χ2v) is 6.58. The fraction of sp³-hybridized carbons (Fsp3) is 0.261. The smallest absolute Gasteiger partial charge is 0.137 e. The van der Waals surface area contributed by atoms with Crippen LogP contribution in [0.3, 0.4) is 0 Å². The topological polar surface area (TPSA) is 37.9 Å². The molecular weight excluding hydrogens is 320 g/mol. The molecule has 0 atom stereocenters. The Morgan fingerprint density at radius 1 is 1.00 bits per heavy atom. The van der Waals surface area contributed by atoms with Crippen molar-refractivity contribution in [2.45, 2.75) is 33.1 Å². The summed E-state index contributed by atoms with van der Waals surface area (Å²) >= 11 is 0. The van der Waals surface area contributed by atoms with Gasteiger partial charge in [0, 0.05) is 5.56 Å². The molecule has 134 valence electrons. The number of unbranched alkanes of at least 4 members (excludes halogenated alkanes) is 2. The van der Waals surface area contributed by atoms with E-state index in [0.717, 1.165) is 52.6 Å². The summed E-state index contributed by atoms with van der Waals surface area (Å²) in [4.78, 5) is 7.92. The van der Waals surface area contributed by atoms with Crippen molar-refractivity contribution >= 4 is 5.57 Å². The van der Waals surface area contributed by atoms with Crippen LogP contribution in [0, 0.1) is 0 Å². The average Bonchev–Trinajstić information content (AvgIpc) is 3.16. The number of aromatic amines is 1. The first-order valence-corrected chi connectivity index (χ1v) is 9.22. The summed E-state index contributed by atoms with van der Waals surface area (Å²) in [6, 6.07) is 16.5. The number of imidazole rings is 1. The number of hydrogen-bond acceptors (Lipinski definition) is 2. The van der Waals surface area contributed by atoms with E-state index < -0.39 is 0 Å². The van der Waals surface area contributed by atoms with E-state index in [1.807, 2.05) is 25.3 Å². The summed E-state index contributed by atoms with van der Waals surface area (Å²) in [6.07, 6.45) is 5.40. The molecule has 0 bridgehead atoms. The van der Waals surface area contributed by atoms with Gasteiger partial charge in [-0.05, 0) is 48.7 Å². The lowest BCUT2D eigenvalue weighted by Gasteiger charge is -2.06. The van der Waals surface area contributed by atoms with Crippen molar-refractivity contribution in [3.8, 4) is 28.4 Å². The Morgan fingerprint density at radius 3 is 2.35 bits per heavy atom. The van der Waals surface area contributed by atoms with Crippen molar-refractivity contribution in [2.75, 3.05) is 6.61 Å². The molecule has 0 unspecified atom stereocenters. The molecule has 0 aliphatic carbocycles. The van der Waals surface area contributed by atoms with Gasteiger partial charge in [-0.2, -0.15) is 0 Å². The van der Waals surface area contributed by atoms with E-state index in [2.05, 4.69) is 59.9 Å². The summed E-state index contributed by atoms with van der Waals surface area (Å²) in [7, 11) is 0. The molecule has 0 saturated carbocycles. The molecule has 0 spiro atoms. The van der Waals surface area contributed by atoms with Crippen LogP contribution in [0.5, 0.6) is 5.75 Å². The molecule has 26 heavy (non-hydrogen) atoms. The molecule has 0 aliphatic heterocycles. The minimum atomic E-state index is 0.779. The zero-order chi connectivity index (χ0) is 18.4. The van der Waals surface area contributed by atoms with Crippen LogP contribution in [-0.2, 0) is 0 Å². The minimum absolute atomic E-state index is 0.779. The average molecular weight is 346 g/mol. The quantitative estimate of drug-likeness (QED) is 0.483. The van der Waals surface area contributed by atoms with Crippen LogP contribution in [-0.4, -0.2) is 16.6 Å². The van der Waals surface area contributed by atoms with Gasteiger partial charge in [0.05, 0.1) is 18.5 Å². The number of nitrogens with zero attached hydrogens (tertiary/aromatic N) is 1. The van der Waals surface area contributed by atoms with Crippen LogP contribution in [0.4, 0.5) is 0 Å². The molecule has 0 amide bonds. The highest BCUT2D eigenvalue weighted by atomic mass is 16.5. The van der Waals surface area contributed by atoms with Crippen LogP contribution < -0.4 is 4.74 Å². The molecule has 0 radical (unpaired) electrons. The van der Waals surface area contributed by atoms with Crippen molar-refractivity contribution in [3.05, 3.63) is 66.9 Å². The van der Waals surface area contributed by atoms with Crippen LogP contribution in [0.1, 0.15) is 38.7 Å². The zero-order valence-electron chi connectivity index (χ0n) is 15.6. The first kappa shape index (κ1) is 18.0. The van der Waals surface area contributed by atoms with Gasteiger partial charge in [0.25, 0.3) is 0 Å². The fourth-order valence-corrected chi connectivity index (χ4v) is 2.80. The number of H-pyrrole nitrogens is 1. The summed E-state index contributed by atoms with van der Waals surface area (Å²) in [6.45, 7) is 8.96. The summed E-state index contributed by atoms with van der Waals surface area (Å²) in [5.74, 6) is 1.79. The third-order valence-electron chi connectivity index (χ3n) is 4.41. The molecule has 1 heterocycles. The van der Waals surface area contributed by atoms with Crippen molar-refractivity contribution in [1.29, 1.82) is 0 Å². The Balaban J connectivity index is 1.68. The van der Waals surface area contributed by atoms with Gasteiger partial charge in [-0.25, -0.2) is 4.98 Å². The summed E-state index contributed by atoms with van der Waals surface area (Å²) in [5.41, 5.74) is 5.38. The second kappa shape index (κ2) is 8.52. The fourth-order valence-electron chi connectivity index (χ4n) is 2.80.